The van der Waals surface area contributed by atoms with Gasteiger partial charge in [0.2, 0.25) is 0 Å². The molecule has 3 aliphatic rings. The van der Waals surface area contributed by atoms with E-state index in [1.807, 2.05) is 0 Å². The average molecular weight is 298 g/mol. The van der Waals surface area contributed by atoms with Crippen LogP contribution in [0.1, 0.15) is 25.7 Å². The van der Waals surface area contributed by atoms with Gasteiger partial charge in [-0.05, 0) is 25.7 Å². The van der Waals surface area contributed by atoms with Crippen molar-refractivity contribution in [3.05, 3.63) is 46.6 Å². The van der Waals surface area contributed by atoms with Crippen LogP contribution in [0.4, 0.5) is 0 Å². The van der Waals surface area contributed by atoms with Crippen molar-refractivity contribution in [1.29, 1.82) is 0 Å². The van der Waals surface area contributed by atoms with E-state index in [0.717, 1.165) is 36.8 Å². The predicted octanol–water partition coefficient (Wildman–Crippen LogP) is 0.579. The second kappa shape index (κ2) is 5.55. The molecular formula is C16H14N2O4. The molecule has 0 aromatic carbocycles. The number of rotatable bonds is 2. The minimum absolute atomic E-state index is 0.356. The fourth-order valence-electron chi connectivity index (χ4n) is 2.69. The topological polar surface area (TPSA) is 92.3 Å². The molecule has 0 atom stereocenters. The largest absolute Gasteiger partial charge is 0.289 e. The Labute approximate surface area is 126 Å². The number of nitrogens with one attached hydrogen (secondary N) is 2. The Bertz CT molecular complexity index is 648. The van der Waals surface area contributed by atoms with E-state index in [9.17, 15) is 19.2 Å². The van der Waals surface area contributed by atoms with Crippen LogP contribution in [0.3, 0.4) is 0 Å². The third kappa shape index (κ3) is 2.95. The molecule has 112 valence electrons. The van der Waals surface area contributed by atoms with Gasteiger partial charge in [-0.1, -0.05) is 23.3 Å². The smallest absolute Gasteiger partial charge is 0.258 e. The van der Waals surface area contributed by atoms with Gasteiger partial charge in [0.1, 0.15) is 0 Å². The first-order valence-electron chi connectivity index (χ1n) is 7.04. The molecule has 6 heteroatoms. The molecule has 0 aromatic rings. The summed E-state index contributed by atoms with van der Waals surface area (Å²) in [6, 6.07) is 0. The van der Waals surface area contributed by atoms with Crippen LogP contribution in [-0.4, -0.2) is 23.6 Å². The zero-order valence-corrected chi connectivity index (χ0v) is 11.8. The molecule has 4 amide bonds. The minimum atomic E-state index is -0.378. The lowest BCUT2D eigenvalue weighted by molar-refractivity contribution is -0.125. The third-order valence-electron chi connectivity index (χ3n) is 3.82. The molecule has 1 fully saturated rings. The lowest BCUT2D eigenvalue weighted by Crippen LogP contribution is -2.22. The fraction of sp³-hybridized carbons (Fsp3) is 0.250. The van der Waals surface area contributed by atoms with Crippen LogP contribution in [-0.2, 0) is 19.2 Å². The number of hydrogen-bond donors (Lipinski definition) is 2. The predicted molar refractivity (Wildman–Crippen MR) is 77.1 cm³/mol. The first kappa shape index (κ1) is 14.2. The van der Waals surface area contributed by atoms with Crippen molar-refractivity contribution in [2.75, 3.05) is 0 Å². The number of imide groups is 2. The lowest BCUT2D eigenvalue weighted by atomic mass is 9.88. The van der Waals surface area contributed by atoms with Crippen LogP contribution >= 0.6 is 0 Å². The summed E-state index contributed by atoms with van der Waals surface area (Å²) in [6.45, 7) is 0. The molecule has 0 bridgehead atoms. The summed E-state index contributed by atoms with van der Waals surface area (Å²) in [5.41, 5.74) is 3.01. The molecule has 0 radical (unpaired) electrons. The zero-order chi connectivity index (χ0) is 15.7. The van der Waals surface area contributed by atoms with Gasteiger partial charge in [-0.15, -0.1) is 0 Å². The highest BCUT2D eigenvalue weighted by molar-refractivity contribution is 6.18. The first-order valence-corrected chi connectivity index (χ1v) is 7.04. The molecule has 2 heterocycles. The van der Waals surface area contributed by atoms with Crippen molar-refractivity contribution in [2.24, 2.45) is 0 Å². The average Bonchev–Trinajstić information content (AvgIpc) is 2.94. The van der Waals surface area contributed by atoms with E-state index < -0.39 is 0 Å². The van der Waals surface area contributed by atoms with Crippen molar-refractivity contribution in [3.63, 3.8) is 0 Å². The van der Waals surface area contributed by atoms with E-state index in [1.165, 1.54) is 12.2 Å². The molecule has 0 spiro atoms. The molecule has 0 unspecified atom stereocenters. The normalized spacial score (nSPS) is 21.5. The van der Waals surface area contributed by atoms with Gasteiger partial charge >= 0.3 is 0 Å². The Morgan fingerprint density at radius 1 is 0.682 bits per heavy atom. The molecule has 1 saturated carbocycles. The maximum atomic E-state index is 11.5. The van der Waals surface area contributed by atoms with E-state index in [4.69, 9.17) is 0 Å². The van der Waals surface area contributed by atoms with Gasteiger partial charge in [0, 0.05) is 23.3 Å². The lowest BCUT2D eigenvalue weighted by Gasteiger charge is -2.17. The molecule has 2 aliphatic heterocycles. The van der Waals surface area contributed by atoms with Crippen molar-refractivity contribution in [1.82, 2.24) is 10.6 Å². The summed E-state index contributed by atoms with van der Waals surface area (Å²) in [4.78, 5) is 45.1. The summed E-state index contributed by atoms with van der Waals surface area (Å²) in [6.07, 6.45) is 9.23. The van der Waals surface area contributed by atoms with Gasteiger partial charge in [-0.25, -0.2) is 0 Å². The minimum Gasteiger partial charge on any atom is -0.289 e. The summed E-state index contributed by atoms with van der Waals surface area (Å²) in [5, 5.41) is 4.42. The van der Waals surface area contributed by atoms with Crippen LogP contribution in [0.15, 0.2) is 46.6 Å². The van der Waals surface area contributed by atoms with Gasteiger partial charge in [0.05, 0.1) is 0 Å². The molecule has 2 N–H and O–H groups in total. The van der Waals surface area contributed by atoms with E-state index in [1.54, 1.807) is 12.2 Å². The van der Waals surface area contributed by atoms with E-state index in [2.05, 4.69) is 10.6 Å². The second-order valence-corrected chi connectivity index (χ2v) is 5.44. The molecule has 22 heavy (non-hydrogen) atoms. The molecule has 0 aromatic heterocycles. The van der Waals surface area contributed by atoms with Gasteiger partial charge < -0.3 is 0 Å². The van der Waals surface area contributed by atoms with Crippen molar-refractivity contribution < 1.29 is 19.2 Å². The van der Waals surface area contributed by atoms with E-state index >= 15 is 0 Å². The van der Waals surface area contributed by atoms with Crippen molar-refractivity contribution in [3.8, 4) is 0 Å². The monoisotopic (exact) mass is 298 g/mol. The molecule has 0 saturated heterocycles. The second-order valence-electron chi connectivity index (χ2n) is 5.44. The summed E-state index contributed by atoms with van der Waals surface area (Å²) >= 11 is 0. The van der Waals surface area contributed by atoms with Gasteiger partial charge in [0.25, 0.3) is 23.6 Å². The highest BCUT2D eigenvalue weighted by Gasteiger charge is 2.22. The fourth-order valence-corrected chi connectivity index (χ4v) is 2.69. The van der Waals surface area contributed by atoms with Crippen LogP contribution in [0, 0.1) is 0 Å². The van der Waals surface area contributed by atoms with Crippen molar-refractivity contribution >= 4 is 23.6 Å². The van der Waals surface area contributed by atoms with E-state index in [-0.39, 0.29) is 23.6 Å². The van der Waals surface area contributed by atoms with Gasteiger partial charge in [-0.2, -0.15) is 0 Å². The summed E-state index contributed by atoms with van der Waals surface area (Å²) < 4.78 is 0. The Balaban J connectivity index is 1.66. The van der Waals surface area contributed by atoms with Gasteiger partial charge in [0.15, 0.2) is 0 Å². The third-order valence-corrected chi connectivity index (χ3v) is 3.82. The quantitative estimate of drug-likeness (QED) is 0.729. The van der Waals surface area contributed by atoms with Crippen molar-refractivity contribution in [2.45, 2.75) is 25.7 Å². The Hall–Kier alpha value is -2.76. The van der Waals surface area contributed by atoms with Gasteiger partial charge in [-0.3, -0.25) is 29.8 Å². The number of amides is 4. The zero-order valence-electron chi connectivity index (χ0n) is 11.8. The summed E-state index contributed by atoms with van der Waals surface area (Å²) in [5.74, 6) is -1.47. The van der Waals surface area contributed by atoms with Crippen LogP contribution in [0.5, 0.6) is 0 Å². The maximum absolute atomic E-state index is 11.5. The molecule has 6 nitrogen and oxygen atoms in total. The Morgan fingerprint density at radius 3 is 1.32 bits per heavy atom. The molecular weight excluding hydrogens is 284 g/mol. The highest BCUT2D eigenvalue weighted by Crippen LogP contribution is 2.30. The number of carbonyl (C=O) groups is 4. The Morgan fingerprint density at radius 2 is 1.05 bits per heavy atom. The Kier molecular flexibility index (Phi) is 3.58. The number of allylic oxidation sites excluding steroid dienone is 2. The van der Waals surface area contributed by atoms with E-state index in [0.29, 0.717) is 11.1 Å². The number of hydrogen-bond acceptors (Lipinski definition) is 4. The molecule has 3 rings (SSSR count). The summed E-state index contributed by atoms with van der Waals surface area (Å²) in [7, 11) is 0. The van der Waals surface area contributed by atoms with Crippen LogP contribution < -0.4 is 10.6 Å². The highest BCUT2D eigenvalue weighted by atomic mass is 16.2. The SMILES string of the molecule is O=C1C=C(C=C2CCC(=CC3=CC(=O)NC3=O)CC2)C(=O)N1. The first-order chi connectivity index (χ1) is 10.5. The maximum Gasteiger partial charge on any atom is 0.258 e. The number of carbonyl (C=O) groups excluding carboxylic acids is 4. The molecule has 1 aliphatic carbocycles. The standard InChI is InChI=1S/C16H14N2O4/c19-13-7-11(15(21)17-13)5-9-1-2-10(4-3-9)6-12-8-14(20)18-16(12)22/h5-8H,1-4H2,(H,17,19,21)(H,18,20,22). The van der Waals surface area contributed by atoms with Crippen LogP contribution in [0.25, 0.3) is 0 Å². The van der Waals surface area contributed by atoms with Crippen LogP contribution in [0.2, 0.25) is 0 Å².